The van der Waals surface area contributed by atoms with E-state index in [1.54, 1.807) is 7.11 Å². The van der Waals surface area contributed by atoms with Crippen molar-refractivity contribution in [3.05, 3.63) is 66.0 Å². The molecule has 0 saturated heterocycles. The summed E-state index contributed by atoms with van der Waals surface area (Å²) in [5.41, 5.74) is 1.86. The van der Waals surface area contributed by atoms with Gasteiger partial charge in [0.1, 0.15) is 11.0 Å². The Bertz CT molecular complexity index is 1070. The lowest BCUT2D eigenvalue weighted by atomic mass is 9.95. The highest BCUT2D eigenvalue weighted by atomic mass is 32.2. The highest BCUT2D eigenvalue weighted by molar-refractivity contribution is 8.00. The van der Waals surface area contributed by atoms with E-state index in [4.69, 9.17) is 9.47 Å². The molecule has 1 saturated carbocycles. The third-order valence-electron chi connectivity index (χ3n) is 6.02. The van der Waals surface area contributed by atoms with Crippen LogP contribution >= 0.6 is 11.8 Å². The molecule has 4 rings (SSSR count). The van der Waals surface area contributed by atoms with E-state index >= 15 is 0 Å². The van der Waals surface area contributed by atoms with Gasteiger partial charge in [-0.2, -0.15) is 0 Å². The molecule has 0 unspecified atom stereocenters. The van der Waals surface area contributed by atoms with Crippen molar-refractivity contribution in [1.29, 1.82) is 0 Å². The molecule has 8 heteroatoms. The molecule has 1 atom stereocenters. The smallest absolute Gasteiger partial charge is 0.324 e. The van der Waals surface area contributed by atoms with Gasteiger partial charge in [-0.3, -0.25) is 4.79 Å². The molecule has 0 aliphatic heterocycles. The Kier molecular flexibility index (Phi) is 8.46. The third-order valence-corrected chi connectivity index (χ3v) is 7.21. The van der Waals surface area contributed by atoms with Crippen LogP contribution in [-0.4, -0.2) is 34.5 Å². The van der Waals surface area contributed by atoms with Crippen LogP contribution in [0.2, 0.25) is 0 Å². The first kappa shape index (κ1) is 24.1. The van der Waals surface area contributed by atoms with Gasteiger partial charge in [0, 0.05) is 17.8 Å². The molecule has 0 radical (unpaired) electrons. The van der Waals surface area contributed by atoms with E-state index in [1.165, 1.54) is 31.0 Å². The van der Waals surface area contributed by atoms with Crippen molar-refractivity contribution in [3.8, 4) is 5.75 Å². The Morgan fingerprint density at radius 2 is 1.91 bits per heavy atom. The minimum Gasteiger partial charge on any atom is -0.497 e. The quantitative estimate of drug-likeness (QED) is 0.290. The summed E-state index contributed by atoms with van der Waals surface area (Å²) in [5, 5.41) is 12.8. The number of aromatic nitrogens is 3. The lowest BCUT2D eigenvalue weighted by Crippen LogP contribution is -2.19. The van der Waals surface area contributed by atoms with E-state index in [0.29, 0.717) is 19.2 Å². The summed E-state index contributed by atoms with van der Waals surface area (Å²) in [6.07, 6.45) is 5.82. The zero-order valence-corrected chi connectivity index (χ0v) is 20.6. The van der Waals surface area contributed by atoms with Gasteiger partial charge in [-0.25, -0.2) is 0 Å². The number of methoxy groups -OCH3 is 1. The lowest BCUT2D eigenvalue weighted by molar-refractivity contribution is -0.142. The van der Waals surface area contributed by atoms with Gasteiger partial charge in [-0.15, -0.1) is 10.2 Å². The number of thioether (sulfide) groups is 1. The zero-order valence-electron chi connectivity index (χ0n) is 19.8. The summed E-state index contributed by atoms with van der Waals surface area (Å²) >= 11 is 1.43. The van der Waals surface area contributed by atoms with Gasteiger partial charge < -0.3 is 19.4 Å². The summed E-state index contributed by atoms with van der Waals surface area (Å²) in [7, 11) is 1.66. The molecule has 1 aromatic heterocycles. The number of carbonyl (C=O) groups excluding carboxylic acids is 1. The fourth-order valence-electron chi connectivity index (χ4n) is 4.33. The molecule has 1 fully saturated rings. The predicted octanol–water partition coefficient (Wildman–Crippen LogP) is 5.80. The second kappa shape index (κ2) is 11.9. The number of hydrogen-bond acceptors (Lipinski definition) is 7. The molecule has 1 aliphatic carbocycles. The minimum atomic E-state index is -0.494. The third kappa shape index (κ3) is 5.91. The van der Waals surface area contributed by atoms with Crippen LogP contribution in [-0.2, 0) is 16.1 Å². The Morgan fingerprint density at radius 1 is 1.12 bits per heavy atom. The van der Waals surface area contributed by atoms with Gasteiger partial charge in [0.25, 0.3) is 0 Å². The van der Waals surface area contributed by atoms with Crippen LogP contribution in [0, 0.1) is 0 Å². The molecule has 2 aromatic carbocycles. The van der Waals surface area contributed by atoms with Crippen molar-refractivity contribution in [2.24, 2.45) is 0 Å². The van der Waals surface area contributed by atoms with Gasteiger partial charge in [0.05, 0.1) is 20.3 Å². The summed E-state index contributed by atoms with van der Waals surface area (Å²) in [5.74, 6) is 1.41. The molecule has 1 aliphatic rings. The summed E-state index contributed by atoms with van der Waals surface area (Å²) in [6.45, 7) is 2.71. The SMILES string of the molecule is CCOC(=O)[C@@H](Sc1nnc(CNc2cccc(OC)c2)n1C1CCCCC1)c1ccccc1. The van der Waals surface area contributed by atoms with Crippen molar-refractivity contribution >= 4 is 23.4 Å². The second-order valence-corrected chi connectivity index (χ2v) is 9.38. The maximum atomic E-state index is 12.9. The monoisotopic (exact) mass is 480 g/mol. The molecular weight excluding hydrogens is 448 g/mol. The first-order valence-electron chi connectivity index (χ1n) is 11.9. The van der Waals surface area contributed by atoms with E-state index in [9.17, 15) is 4.79 Å². The summed E-state index contributed by atoms with van der Waals surface area (Å²) in [6, 6.07) is 17.9. The Labute approximate surface area is 205 Å². The van der Waals surface area contributed by atoms with Crippen molar-refractivity contribution in [2.45, 2.75) is 62.0 Å². The molecule has 34 heavy (non-hydrogen) atoms. The van der Waals surface area contributed by atoms with Crippen LogP contribution in [0.25, 0.3) is 0 Å². The normalized spacial score (nSPS) is 15.0. The number of ether oxygens (including phenoxy) is 2. The first-order valence-corrected chi connectivity index (χ1v) is 12.8. The molecule has 3 aromatic rings. The van der Waals surface area contributed by atoms with Crippen LogP contribution < -0.4 is 10.1 Å². The molecule has 180 valence electrons. The van der Waals surface area contributed by atoms with Crippen molar-refractivity contribution < 1.29 is 14.3 Å². The second-order valence-electron chi connectivity index (χ2n) is 8.31. The van der Waals surface area contributed by atoms with E-state index in [-0.39, 0.29) is 5.97 Å². The van der Waals surface area contributed by atoms with Gasteiger partial charge in [-0.1, -0.05) is 67.4 Å². The number of rotatable bonds is 10. The van der Waals surface area contributed by atoms with E-state index in [0.717, 1.165) is 40.8 Å². The zero-order chi connectivity index (χ0) is 23.8. The Hall–Kier alpha value is -3.00. The maximum absolute atomic E-state index is 12.9. The number of carbonyl (C=O) groups is 1. The van der Waals surface area contributed by atoms with Crippen molar-refractivity contribution in [2.75, 3.05) is 19.0 Å². The largest absolute Gasteiger partial charge is 0.497 e. The molecule has 7 nitrogen and oxygen atoms in total. The van der Waals surface area contributed by atoms with Crippen molar-refractivity contribution in [1.82, 2.24) is 14.8 Å². The van der Waals surface area contributed by atoms with Crippen LogP contribution in [0.3, 0.4) is 0 Å². The van der Waals surface area contributed by atoms with Gasteiger partial charge in [0.2, 0.25) is 0 Å². The molecule has 0 spiro atoms. The van der Waals surface area contributed by atoms with E-state index in [1.807, 2.05) is 61.5 Å². The standard InChI is InChI=1S/C26H32N4O3S/c1-3-33-25(31)24(19-11-6-4-7-12-19)34-26-29-28-23(30(26)21-14-8-5-9-15-21)18-27-20-13-10-16-22(17-20)32-2/h4,6-7,10-13,16-17,21,24,27H,3,5,8-9,14-15,18H2,1-2H3/t24-/m0/s1. The number of nitrogens with zero attached hydrogens (tertiary/aromatic N) is 3. The number of hydrogen-bond donors (Lipinski definition) is 1. The Balaban J connectivity index is 1.61. The highest BCUT2D eigenvalue weighted by Gasteiger charge is 2.29. The molecule has 1 heterocycles. The van der Waals surface area contributed by atoms with Crippen molar-refractivity contribution in [3.63, 3.8) is 0 Å². The molecule has 1 N–H and O–H groups in total. The van der Waals surface area contributed by atoms with E-state index < -0.39 is 5.25 Å². The van der Waals surface area contributed by atoms with Crippen LogP contribution in [0.1, 0.15) is 61.7 Å². The molecule has 0 amide bonds. The molecular formula is C26H32N4O3S. The predicted molar refractivity (Wildman–Crippen MR) is 134 cm³/mol. The summed E-state index contributed by atoms with van der Waals surface area (Å²) < 4.78 is 13.0. The average Bonchev–Trinajstić information content (AvgIpc) is 3.29. The first-order chi connectivity index (χ1) is 16.7. The van der Waals surface area contributed by atoms with Crippen LogP contribution in [0.4, 0.5) is 5.69 Å². The number of anilines is 1. The average molecular weight is 481 g/mol. The lowest BCUT2D eigenvalue weighted by Gasteiger charge is -2.26. The van der Waals surface area contributed by atoms with Gasteiger partial charge >= 0.3 is 5.97 Å². The van der Waals surface area contributed by atoms with Gasteiger partial charge in [-0.05, 0) is 37.5 Å². The highest BCUT2D eigenvalue weighted by Crippen LogP contribution is 2.39. The fraction of sp³-hybridized carbons (Fsp3) is 0.423. The summed E-state index contributed by atoms with van der Waals surface area (Å²) in [4.78, 5) is 12.9. The molecule has 0 bridgehead atoms. The fourth-order valence-corrected chi connectivity index (χ4v) is 5.46. The van der Waals surface area contributed by atoms with Crippen LogP contribution in [0.15, 0.2) is 59.8 Å². The maximum Gasteiger partial charge on any atom is 0.324 e. The Morgan fingerprint density at radius 3 is 2.65 bits per heavy atom. The van der Waals surface area contributed by atoms with Crippen LogP contribution in [0.5, 0.6) is 5.75 Å². The minimum absolute atomic E-state index is 0.257. The topological polar surface area (TPSA) is 78.3 Å². The van der Waals surface area contributed by atoms with E-state index in [2.05, 4.69) is 20.1 Å². The van der Waals surface area contributed by atoms with Gasteiger partial charge in [0.15, 0.2) is 11.0 Å². The number of esters is 1. The number of nitrogens with one attached hydrogen (secondary N) is 1. The number of benzene rings is 2.